The lowest BCUT2D eigenvalue weighted by atomic mass is 9.97. The number of nitrogens with one attached hydrogen (secondary N) is 1. The van der Waals surface area contributed by atoms with Crippen LogP contribution < -0.4 is 5.32 Å². The van der Waals surface area contributed by atoms with E-state index in [1.165, 1.54) is 32.5 Å². The van der Waals surface area contributed by atoms with Crippen molar-refractivity contribution < 1.29 is 4.52 Å². The summed E-state index contributed by atoms with van der Waals surface area (Å²) in [6, 6.07) is 10.2. The summed E-state index contributed by atoms with van der Waals surface area (Å²) in [5.41, 5.74) is 1.00. The smallest absolute Gasteiger partial charge is 0.244 e. The van der Waals surface area contributed by atoms with Crippen LogP contribution in [0.4, 0.5) is 0 Å². The summed E-state index contributed by atoms with van der Waals surface area (Å²) < 4.78 is 5.56. The molecule has 2 fully saturated rings. The maximum Gasteiger partial charge on any atom is 0.244 e. The van der Waals surface area contributed by atoms with Crippen molar-refractivity contribution in [1.29, 1.82) is 0 Å². The number of benzene rings is 1. The summed E-state index contributed by atoms with van der Waals surface area (Å²) >= 11 is 0. The van der Waals surface area contributed by atoms with Gasteiger partial charge < -0.3 is 14.7 Å². The monoisotopic (exact) mass is 355 g/mol. The first-order valence-electron chi connectivity index (χ1n) is 9.86. The number of piperazine rings is 1. The molecule has 2 saturated heterocycles. The highest BCUT2D eigenvalue weighted by molar-refractivity contribution is 5.53. The van der Waals surface area contributed by atoms with Gasteiger partial charge in [-0.2, -0.15) is 4.98 Å². The number of piperidine rings is 1. The fraction of sp³-hybridized carbons (Fsp3) is 0.600. The van der Waals surface area contributed by atoms with Crippen molar-refractivity contribution in [3.8, 4) is 11.4 Å². The molecule has 2 aliphatic heterocycles. The third-order valence-corrected chi connectivity index (χ3v) is 5.76. The van der Waals surface area contributed by atoms with Gasteiger partial charge in [0.15, 0.2) is 0 Å². The zero-order valence-electron chi connectivity index (χ0n) is 15.6. The van der Waals surface area contributed by atoms with E-state index >= 15 is 0 Å². The molecule has 2 aliphatic rings. The molecule has 140 valence electrons. The Morgan fingerprint density at radius 3 is 2.58 bits per heavy atom. The Morgan fingerprint density at radius 1 is 1.12 bits per heavy atom. The third-order valence-electron chi connectivity index (χ3n) is 5.76. The molecule has 0 radical (unpaired) electrons. The van der Waals surface area contributed by atoms with Crippen molar-refractivity contribution in [2.45, 2.75) is 25.8 Å². The normalized spacial score (nSPS) is 21.7. The lowest BCUT2D eigenvalue weighted by Gasteiger charge is -2.38. The van der Waals surface area contributed by atoms with Gasteiger partial charge in [0.2, 0.25) is 11.7 Å². The van der Waals surface area contributed by atoms with Crippen LogP contribution in [0.1, 0.15) is 31.7 Å². The number of hydrogen-bond donors (Lipinski definition) is 1. The Hall–Kier alpha value is -1.76. The van der Waals surface area contributed by atoms with Gasteiger partial charge in [0.1, 0.15) is 0 Å². The molecular formula is C20H29N5O. The molecule has 0 aliphatic carbocycles. The predicted octanol–water partition coefficient (Wildman–Crippen LogP) is 2.41. The van der Waals surface area contributed by atoms with Crippen molar-refractivity contribution >= 4 is 0 Å². The highest BCUT2D eigenvalue weighted by Crippen LogP contribution is 2.24. The third kappa shape index (κ3) is 4.14. The highest BCUT2D eigenvalue weighted by atomic mass is 16.5. The van der Waals surface area contributed by atoms with E-state index in [0.29, 0.717) is 5.82 Å². The van der Waals surface area contributed by atoms with E-state index < -0.39 is 0 Å². The van der Waals surface area contributed by atoms with Crippen LogP contribution in [-0.2, 0) is 0 Å². The molecule has 0 spiro atoms. The van der Waals surface area contributed by atoms with E-state index in [1.807, 2.05) is 30.3 Å². The molecule has 0 bridgehead atoms. The molecule has 2 aromatic rings. The lowest BCUT2D eigenvalue weighted by Crippen LogP contribution is -2.49. The number of rotatable bonds is 5. The van der Waals surface area contributed by atoms with Crippen molar-refractivity contribution in [3.05, 3.63) is 36.2 Å². The largest absolute Gasteiger partial charge is 0.337 e. The van der Waals surface area contributed by atoms with Gasteiger partial charge >= 0.3 is 0 Å². The minimum Gasteiger partial charge on any atom is -0.337 e. The summed E-state index contributed by atoms with van der Waals surface area (Å²) in [5.74, 6) is 2.26. The molecule has 1 unspecified atom stereocenters. The molecule has 1 aromatic heterocycles. The Morgan fingerprint density at radius 2 is 1.85 bits per heavy atom. The van der Waals surface area contributed by atoms with Crippen LogP contribution in [0.3, 0.4) is 0 Å². The van der Waals surface area contributed by atoms with Gasteiger partial charge in [-0.05, 0) is 38.8 Å². The first-order valence-corrected chi connectivity index (χ1v) is 9.86. The van der Waals surface area contributed by atoms with Gasteiger partial charge in [-0.25, -0.2) is 0 Å². The molecule has 4 rings (SSSR count). The van der Waals surface area contributed by atoms with Crippen molar-refractivity contribution in [3.63, 3.8) is 0 Å². The fourth-order valence-electron chi connectivity index (χ4n) is 4.03. The average Bonchev–Trinajstić information content (AvgIpc) is 3.20. The summed E-state index contributed by atoms with van der Waals surface area (Å²) in [6.45, 7) is 10.2. The molecular weight excluding hydrogens is 326 g/mol. The predicted molar refractivity (Wildman–Crippen MR) is 102 cm³/mol. The Bertz CT molecular complexity index is 675. The first kappa shape index (κ1) is 17.6. The van der Waals surface area contributed by atoms with E-state index in [9.17, 15) is 0 Å². The Labute approximate surface area is 155 Å². The Kier molecular flexibility index (Phi) is 5.62. The molecule has 1 N–H and O–H groups in total. The van der Waals surface area contributed by atoms with E-state index in [4.69, 9.17) is 4.52 Å². The van der Waals surface area contributed by atoms with E-state index in [-0.39, 0.29) is 6.04 Å². The molecule has 0 amide bonds. The number of aromatic nitrogens is 2. The topological polar surface area (TPSA) is 57.4 Å². The molecule has 1 aromatic carbocycles. The summed E-state index contributed by atoms with van der Waals surface area (Å²) in [4.78, 5) is 9.72. The summed E-state index contributed by atoms with van der Waals surface area (Å²) in [6.07, 6.45) is 2.64. The SMILES string of the molecule is CC(c1nc(-c2ccccc2)no1)N1CCN(CC2CCNCC2)CC1. The minimum absolute atomic E-state index is 0.168. The van der Waals surface area contributed by atoms with E-state index in [0.717, 1.165) is 43.6 Å². The molecule has 26 heavy (non-hydrogen) atoms. The quantitative estimate of drug-likeness (QED) is 0.889. The number of hydrogen-bond acceptors (Lipinski definition) is 6. The van der Waals surface area contributed by atoms with Gasteiger partial charge in [-0.3, -0.25) is 4.90 Å². The highest BCUT2D eigenvalue weighted by Gasteiger charge is 2.27. The van der Waals surface area contributed by atoms with Crippen molar-refractivity contribution in [2.75, 3.05) is 45.8 Å². The minimum atomic E-state index is 0.168. The van der Waals surface area contributed by atoms with Gasteiger partial charge in [-0.15, -0.1) is 0 Å². The van der Waals surface area contributed by atoms with Crippen LogP contribution in [0.5, 0.6) is 0 Å². The first-order chi connectivity index (χ1) is 12.8. The van der Waals surface area contributed by atoms with Gasteiger partial charge in [-0.1, -0.05) is 35.5 Å². The molecule has 3 heterocycles. The number of nitrogens with zero attached hydrogens (tertiary/aromatic N) is 4. The molecule has 1 atom stereocenters. The fourth-order valence-corrected chi connectivity index (χ4v) is 4.03. The lowest BCUT2D eigenvalue weighted by molar-refractivity contribution is 0.0757. The van der Waals surface area contributed by atoms with Crippen LogP contribution in [-0.4, -0.2) is 65.8 Å². The van der Waals surface area contributed by atoms with Crippen molar-refractivity contribution in [1.82, 2.24) is 25.3 Å². The zero-order valence-corrected chi connectivity index (χ0v) is 15.6. The molecule has 6 nitrogen and oxygen atoms in total. The van der Waals surface area contributed by atoms with Gasteiger partial charge in [0.25, 0.3) is 0 Å². The van der Waals surface area contributed by atoms with Crippen LogP contribution in [0.25, 0.3) is 11.4 Å². The second kappa shape index (κ2) is 8.29. The second-order valence-corrected chi connectivity index (χ2v) is 7.53. The van der Waals surface area contributed by atoms with Crippen LogP contribution in [0, 0.1) is 5.92 Å². The maximum absolute atomic E-state index is 5.56. The van der Waals surface area contributed by atoms with Gasteiger partial charge in [0.05, 0.1) is 6.04 Å². The van der Waals surface area contributed by atoms with Crippen LogP contribution >= 0.6 is 0 Å². The van der Waals surface area contributed by atoms with Gasteiger partial charge in [0, 0.05) is 38.3 Å². The van der Waals surface area contributed by atoms with Crippen LogP contribution in [0.2, 0.25) is 0 Å². The molecule has 6 heteroatoms. The standard InChI is InChI=1S/C20H29N5O/c1-16(20-22-19(23-26-20)18-5-3-2-4-6-18)25-13-11-24(12-14-25)15-17-7-9-21-10-8-17/h2-6,16-17,21H,7-15H2,1H3. The molecule has 0 saturated carbocycles. The van der Waals surface area contributed by atoms with Crippen LogP contribution in [0.15, 0.2) is 34.9 Å². The second-order valence-electron chi connectivity index (χ2n) is 7.53. The van der Waals surface area contributed by atoms with E-state index in [1.54, 1.807) is 0 Å². The van der Waals surface area contributed by atoms with Crippen molar-refractivity contribution in [2.24, 2.45) is 5.92 Å². The maximum atomic E-state index is 5.56. The van der Waals surface area contributed by atoms with E-state index in [2.05, 4.69) is 32.2 Å². The summed E-state index contributed by atoms with van der Waals surface area (Å²) in [5, 5.41) is 7.62. The summed E-state index contributed by atoms with van der Waals surface area (Å²) in [7, 11) is 0. The average molecular weight is 355 g/mol. The zero-order chi connectivity index (χ0) is 17.8. The Balaban J connectivity index is 1.31.